The van der Waals surface area contributed by atoms with E-state index in [2.05, 4.69) is 38.2 Å². The van der Waals surface area contributed by atoms with E-state index >= 15 is 0 Å². The van der Waals surface area contributed by atoms with Crippen molar-refractivity contribution in [1.29, 1.82) is 0 Å². The van der Waals surface area contributed by atoms with E-state index in [-0.39, 0.29) is 24.9 Å². The van der Waals surface area contributed by atoms with Crippen LogP contribution in [0, 0.1) is 0 Å². The Balaban J connectivity index is 4.46. The van der Waals surface area contributed by atoms with E-state index in [0.717, 1.165) is 64.2 Å². The second kappa shape index (κ2) is 46.7. The van der Waals surface area contributed by atoms with Gasteiger partial charge in [0.05, 0.1) is 25.2 Å². The van der Waals surface area contributed by atoms with E-state index in [9.17, 15) is 19.8 Å². The fraction of sp³-hybridized carbons (Fsp3) is 0.923. The maximum atomic E-state index is 13.2. The largest absolute Gasteiger partial charge is 0.462 e. The summed E-state index contributed by atoms with van der Waals surface area (Å²) in [5, 5.41) is 23.7. The second-order valence-corrected chi connectivity index (χ2v) is 17.9. The molecule has 344 valence electrons. The SMILES string of the molecule is CCCCC/C=C\CCCCCC(CC(=O)NC(CO)C(O)CCCCCCCCCCCCCCC)OC(=O)CCCCCCCCCCCCCCCCCC. The molecule has 0 rings (SSSR count). The lowest BCUT2D eigenvalue weighted by atomic mass is 10.0. The van der Waals surface area contributed by atoms with Gasteiger partial charge in [0.2, 0.25) is 5.91 Å². The second-order valence-electron chi connectivity index (χ2n) is 17.9. The van der Waals surface area contributed by atoms with Crippen molar-refractivity contribution in [2.45, 2.75) is 302 Å². The predicted molar refractivity (Wildman–Crippen MR) is 250 cm³/mol. The average molecular weight is 820 g/mol. The Bertz CT molecular complexity index is 878. The summed E-state index contributed by atoms with van der Waals surface area (Å²) < 4.78 is 5.92. The summed E-state index contributed by atoms with van der Waals surface area (Å²) in [7, 11) is 0. The number of unbranched alkanes of at least 4 members (excludes halogenated alkanes) is 33. The highest BCUT2D eigenvalue weighted by atomic mass is 16.5. The Morgan fingerprint density at radius 3 is 1.26 bits per heavy atom. The quantitative estimate of drug-likeness (QED) is 0.0323. The van der Waals surface area contributed by atoms with Gasteiger partial charge in [-0.3, -0.25) is 9.59 Å². The topological polar surface area (TPSA) is 95.9 Å². The van der Waals surface area contributed by atoms with E-state index in [0.29, 0.717) is 19.3 Å². The molecule has 0 saturated carbocycles. The summed E-state index contributed by atoms with van der Waals surface area (Å²) in [6.07, 6.45) is 51.3. The van der Waals surface area contributed by atoms with Crippen LogP contribution in [0.5, 0.6) is 0 Å². The molecule has 0 fully saturated rings. The molecule has 0 aromatic carbocycles. The van der Waals surface area contributed by atoms with Gasteiger partial charge in [0, 0.05) is 6.42 Å². The van der Waals surface area contributed by atoms with Crippen molar-refractivity contribution in [2.75, 3.05) is 6.61 Å². The number of rotatable bonds is 47. The zero-order valence-electron chi connectivity index (χ0n) is 39.2. The lowest BCUT2D eigenvalue weighted by Crippen LogP contribution is -2.46. The smallest absolute Gasteiger partial charge is 0.306 e. The average Bonchev–Trinajstić information content (AvgIpc) is 3.22. The minimum absolute atomic E-state index is 0.0734. The number of hydrogen-bond donors (Lipinski definition) is 3. The highest BCUT2D eigenvalue weighted by molar-refractivity contribution is 5.77. The van der Waals surface area contributed by atoms with Crippen molar-refractivity contribution < 1.29 is 24.5 Å². The Hall–Kier alpha value is -1.40. The Morgan fingerprint density at radius 2 is 0.828 bits per heavy atom. The van der Waals surface area contributed by atoms with E-state index in [1.54, 1.807) is 0 Å². The van der Waals surface area contributed by atoms with Crippen LogP contribution in [0.1, 0.15) is 284 Å². The number of aliphatic hydroxyl groups is 2. The highest BCUT2D eigenvalue weighted by Gasteiger charge is 2.24. The molecule has 0 aliphatic rings. The van der Waals surface area contributed by atoms with Gasteiger partial charge < -0.3 is 20.3 Å². The molecular formula is C52H101NO5. The third-order valence-corrected chi connectivity index (χ3v) is 12.1. The molecule has 3 N–H and O–H groups in total. The van der Waals surface area contributed by atoms with Gasteiger partial charge in [-0.1, -0.05) is 232 Å². The van der Waals surface area contributed by atoms with Crippen molar-refractivity contribution in [3.8, 4) is 0 Å². The monoisotopic (exact) mass is 820 g/mol. The van der Waals surface area contributed by atoms with Gasteiger partial charge in [-0.15, -0.1) is 0 Å². The van der Waals surface area contributed by atoms with Crippen molar-refractivity contribution in [2.24, 2.45) is 0 Å². The lowest BCUT2D eigenvalue weighted by Gasteiger charge is -2.24. The number of aliphatic hydroxyl groups excluding tert-OH is 2. The molecule has 0 aromatic heterocycles. The number of hydrogen-bond acceptors (Lipinski definition) is 5. The molecule has 1 amide bonds. The van der Waals surface area contributed by atoms with Gasteiger partial charge in [-0.2, -0.15) is 0 Å². The number of carbonyl (C=O) groups excluding carboxylic acids is 2. The Labute approximate surface area is 361 Å². The summed E-state index contributed by atoms with van der Waals surface area (Å²) in [4.78, 5) is 26.1. The molecular weight excluding hydrogens is 719 g/mol. The fourth-order valence-electron chi connectivity index (χ4n) is 8.13. The third-order valence-electron chi connectivity index (χ3n) is 12.1. The van der Waals surface area contributed by atoms with E-state index in [4.69, 9.17) is 4.74 Å². The van der Waals surface area contributed by atoms with E-state index in [1.165, 1.54) is 173 Å². The van der Waals surface area contributed by atoms with Gasteiger partial charge in [-0.25, -0.2) is 0 Å². The first-order valence-corrected chi connectivity index (χ1v) is 25.9. The number of amides is 1. The van der Waals surface area contributed by atoms with Crippen LogP contribution in [0.3, 0.4) is 0 Å². The Kier molecular flexibility index (Phi) is 45.5. The number of esters is 1. The van der Waals surface area contributed by atoms with E-state index in [1.807, 2.05) is 0 Å². The van der Waals surface area contributed by atoms with Crippen LogP contribution in [0.25, 0.3) is 0 Å². The molecule has 0 spiro atoms. The van der Waals surface area contributed by atoms with Gasteiger partial charge in [0.1, 0.15) is 6.10 Å². The van der Waals surface area contributed by atoms with Crippen LogP contribution in [0.15, 0.2) is 12.2 Å². The molecule has 0 radical (unpaired) electrons. The van der Waals surface area contributed by atoms with Crippen LogP contribution in [-0.4, -0.2) is 46.9 Å². The summed E-state index contributed by atoms with van der Waals surface area (Å²) >= 11 is 0. The normalized spacial score (nSPS) is 13.3. The van der Waals surface area contributed by atoms with Crippen LogP contribution in [0.4, 0.5) is 0 Å². The standard InChI is InChI=1S/C52H101NO5/c1-4-7-10-13-16-19-22-24-25-26-28-30-33-36-39-42-45-52(57)58-48(43-40-37-34-31-21-18-15-12-9-6-3)46-51(56)53-49(47-54)50(55)44-41-38-35-32-29-27-23-20-17-14-11-8-5-2/h18,21,48-50,54-55H,4-17,19-20,22-47H2,1-3H3,(H,53,56)/b21-18-. The molecule has 0 bridgehead atoms. The number of ether oxygens (including phenoxy) is 1. The maximum absolute atomic E-state index is 13.2. The molecule has 58 heavy (non-hydrogen) atoms. The van der Waals surface area contributed by atoms with Crippen LogP contribution < -0.4 is 5.32 Å². The molecule has 0 aromatic rings. The fourth-order valence-corrected chi connectivity index (χ4v) is 8.13. The number of nitrogens with one attached hydrogen (secondary N) is 1. The molecule has 6 nitrogen and oxygen atoms in total. The van der Waals surface area contributed by atoms with Crippen molar-refractivity contribution in [1.82, 2.24) is 5.32 Å². The predicted octanol–water partition coefficient (Wildman–Crippen LogP) is 15.3. The lowest BCUT2D eigenvalue weighted by molar-refractivity contribution is -0.151. The first-order chi connectivity index (χ1) is 28.5. The molecule has 0 aliphatic heterocycles. The summed E-state index contributed by atoms with van der Waals surface area (Å²) in [5.74, 6) is -0.474. The van der Waals surface area contributed by atoms with Gasteiger partial charge in [-0.05, 0) is 51.4 Å². The molecule has 6 heteroatoms. The molecule has 0 heterocycles. The van der Waals surface area contributed by atoms with Crippen LogP contribution >= 0.6 is 0 Å². The molecule has 3 unspecified atom stereocenters. The first kappa shape index (κ1) is 56.6. The first-order valence-electron chi connectivity index (χ1n) is 25.9. The highest BCUT2D eigenvalue weighted by Crippen LogP contribution is 2.18. The van der Waals surface area contributed by atoms with E-state index < -0.39 is 18.2 Å². The van der Waals surface area contributed by atoms with Gasteiger partial charge in [0.25, 0.3) is 0 Å². The van der Waals surface area contributed by atoms with Crippen molar-refractivity contribution in [3.63, 3.8) is 0 Å². The molecule has 0 saturated heterocycles. The van der Waals surface area contributed by atoms with Crippen molar-refractivity contribution in [3.05, 3.63) is 12.2 Å². The Morgan fingerprint density at radius 1 is 0.483 bits per heavy atom. The van der Waals surface area contributed by atoms with Crippen molar-refractivity contribution >= 4 is 11.9 Å². The van der Waals surface area contributed by atoms with Gasteiger partial charge >= 0.3 is 5.97 Å². The third kappa shape index (κ3) is 41.3. The minimum atomic E-state index is -0.785. The summed E-state index contributed by atoms with van der Waals surface area (Å²) in [6, 6.07) is -0.699. The summed E-state index contributed by atoms with van der Waals surface area (Å²) in [6.45, 7) is 6.47. The number of allylic oxidation sites excluding steroid dienone is 2. The molecule has 0 aliphatic carbocycles. The minimum Gasteiger partial charge on any atom is -0.462 e. The molecule has 3 atom stereocenters. The zero-order chi connectivity index (χ0) is 42.4. The van der Waals surface area contributed by atoms with Crippen LogP contribution in [-0.2, 0) is 14.3 Å². The summed E-state index contributed by atoms with van der Waals surface area (Å²) in [5.41, 5.74) is 0. The number of carbonyl (C=O) groups is 2. The zero-order valence-corrected chi connectivity index (χ0v) is 39.2. The van der Waals surface area contributed by atoms with Crippen LogP contribution in [0.2, 0.25) is 0 Å². The maximum Gasteiger partial charge on any atom is 0.306 e. The van der Waals surface area contributed by atoms with Gasteiger partial charge in [0.15, 0.2) is 0 Å².